The summed E-state index contributed by atoms with van der Waals surface area (Å²) in [6.07, 6.45) is 6.89. The monoisotopic (exact) mass is 450 g/mol. The van der Waals surface area contributed by atoms with E-state index in [0.717, 1.165) is 23.8 Å². The molecule has 0 bridgehead atoms. The van der Waals surface area contributed by atoms with E-state index in [1.807, 2.05) is 0 Å². The maximum absolute atomic E-state index is 2.58. The fourth-order valence-corrected chi connectivity index (χ4v) is 8.29. The normalized spacial score (nSPS) is 30.9. The van der Waals surface area contributed by atoms with E-state index < -0.39 is 0 Å². The zero-order chi connectivity index (χ0) is 25.0. The van der Waals surface area contributed by atoms with Crippen LogP contribution in [0.3, 0.4) is 0 Å². The molecule has 0 N–H and O–H groups in total. The molecule has 0 radical (unpaired) electrons. The smallest absolute Gasteiger partial charge is 0.0974 e. The van der Waals surface area contributed by atoms with Crippen molar-refractivity contribution >= 4 is 0 Å². The highest BCUT2D eigenvalue weighted by Crippen LogP contribution is 2.49. The summed E-state index contributed by atoms with van der Waals surface area (Å²) in [5.41, 5.74) is 1.71. The molecule has 2 aliphatic heterocycles. The third kappa shape index (κ3) is 8.30. The van der Waals surface area contributed by atoms with Gasteiger partial charge in [-0.2, -0.15) is 0 Å². The minimum Gasteiger partial charge on any atom is -0.328 e. The summed E-state index contributed by atoms with van der Waals surface area (Å²) < 4.78 is 2.44. The molecule has 2 rings (SSSR count). The second-order valence-electron chi connectivity index (χ2n) is 17.6. The van der Waals surface area contributed by atoms with E-state index >= 15 is 0 Å². The summed E-state index contributed by atoms with van der Waals surface area (Å²) in [5, 5.41) is 0. The van der Waals surface area contributed by atoms with Gasteiger partial charge in [-0.3, -0.25) is 0 Å². The lowest BCUT2D eigenvalue weighted by Crippen LogP contribution is -2.67. The lowest BCUT2D eigenvalue weighted by Gasteiger charge is -2.56. The van der Waals surface area contributed by atoms with E-state index in [1.54, 1.807) is 0 Å². The number of likely N-dealkylation sites (tertiary alicyclic amines) is 2. The van der Waals surface area contributed by atoms with Crippen molar-refractivity contribution in [1.29, 1.82) is 0 Å². The van der Waals surface area contributed by atoms with Crippen molar-refractivity contribution in [3.05, 3.63) is 0 Å². The zero-order valence-electron chi connectivity index (χ0n) is 24.9. The summed E-state index contributed by atoms with van der Waals surface area (Å²) in [6.45, 7) is 29.0. The summed E-state index contributed by atoms with van der Waals surface area (Å²) in [5.74, 6) is 2.65. The first-order valence-corrected chi connectivity index (χ1v) is 13.6. The van der Waals surface area contributed by atoms with Gasteiger partial charge in [0, 0.05) is 18.3 Å². The Hall–Kier alpha value is -0.0800. The average molecular weight is 451 g/mol. The lowest BCUT2D eigenvalue weighted by atomic mass is 9.63. The third-order valence-corrected chi connectivity index (χ3v) is 8.55. The minimum atomic E-state index is 0.419. The predicted molar refractivity (Wildman–Crippen MR) is 143 cm³/mol. The van der Waals surface area contributed by atoms with E-state index in [-0.39, 0.29) is 0 Å². The van der Waals surface area contributed by atoms with Crippen molar-refractivity contribution in [2.75, 3.05) is 47.8 Å². The van der Waals surface area contributed by atoms with E-state index in [2.05, 4.69) is 97.4 Å². The molecule has 2 saturated heterocycles. The van der Waals surface area contributed by atoms with Gasteiger partial charge < -0.3 is 8.97 Å². The molecule has 2 heteroatoms. The van der Waals surface area contributed by atoms with Crippen molar-refractivity contribution in [1.82, 2.24) is 0 Å². The highest BCUT2D eigenvalue weighted by atomic mass is 15.4. The molecule has 32 heavy (non-hydrogen) atoms. The Morgan fingerprint density at radius 2 is 0.938 bits per heavy atom. The molecule has 2 heterocycles. The summed E-state index contributed by atoms with van der Waals surface area (Å²) in [4.78, 5) is 0. The average Bonchev–Trinajstić information content (AvgIpc) is 2.72. The Balaban J connectivity index is 2.03. The van der Waals surface area contributed by atoms with Gasteiger partial charge >= 0.3 is 0 Å². The van der Waals surface area contributed by atoms with Crippen LogP contribution in [0.25, 0.3) is 0 Å². The van der Waals surface area contributed by atoms with Crippen LogP contribution in [0.1, 0.15) is 101 Å². The van der Waals surface area contributed by atoms with E-state index in [0.29, 0.717) is 21.7 Å². The van der Waals surface area contributed by atoms with Gasteiger partial charge in [0.2, 0.25) is 0 Å². The Morgan fingerprint density at radius 1 is 0.531 bits per heavy atom. The van der Waals surface area contributed by atoms with Crippen LogP contribution in [0, 0.1) is 39.4 Å². The van der Waals surface area contributed by atoms with Crippen molar-refractivity contribution in [2.24, 2.45) is 39.4 Å². The number of nitrogens with zero attached hydrogens (tertiary/aromatic N) is 2. The van der Waals surface area contributed by atoms with E-state index in [9.17, 15) is 0 Å². The molecule has 0 aliphatic carbocycles. The topological polar surface area (TPSA) is 0 Å². The Labute approximate surface area is 203 Å². The van der Waals surface area contributed by atoms with Gasteiger partial charge in [0.1, 0.15) is 0 Å². The van der Waals surface area contributed by atoms with Gasteiger partial charge in [-0.15, -0.1) is 0 Å². The van der Waals surface area contributed by atoms with Crippen LogP contribution in [0.15, 0.2) is 0 Å². The Kier molecular flexibility index (Phi) is 7.79. The van der Waals surface area contributed by atoms with Crippen LogP contribution in [0.5, 0.6) is 0 Å². The number of quaternary nitrogens is 2. The second-order valence-corrected chi connectivity index (χ2v) is 17.6. The maximum Gasteiger partial charge on any atom is 0.0974 e. The van der Waals surface area contributed by atoms with E-state index in [4.69, 9.17) is 0 Å². The molecule has 0 amide bonds. The molecule has 4 unspecified atom stereocenters. The van der Waals surface area contributed by atoms with Crippen LogP contribution >= 0.6 is 0 Å². The van der Waals surface area contributed by atoms with Crippen molar-refractivity contribution < 1.29 is 8.97 Å². The first kappa shape index (κ1) is 28.2. The molecular formula is C30H62N2+2. The van der Waals surface area contributed by atoms with Gasteiger partial charge in [-0.05, 0) is 47.3 Å². The number of hydrogen-bond acceptors (Lipinski definition) is 0. The number of rotatable bonds is 8. The summed E-state index contributed by atoms with van der Waals surface area (Å²) >= 11 is 0. The molecule has 4 atom stereocenters. The molecule has 0 aromatic carbocycles. The van der Waals surface area contributed by atoms with Gasteiger partial charge in [-0.25, -0.2) is 0 Å². The quantitative estimate of drug-likeness (QED) is 0.336. The molecule has 190 valence electrons. The molecule has 2 fully saturated rings. The summed E-state index contributed by atoms with van der Waals surface area (Å²) in [7, 11) is 9.83. The van der Waals surface area contributed by atoms with Gasteiger partial charge in [0.05, 0.1) is 59.8 Å². The molecule has 0 aromatic heterocycles. The Bertz CT molecular complexity index is 626. The minimum absolute atomic E-state index is 0.419. The molecule has 0 saturated carbocycles. The standard InChI is InChI=1S/C30H62N2/c1-27(2,3)15-23-19-31(11,12)20-24(23)16-29(7,8)22-30(9,10)17-25-21-32(13,14)26(25)18-28(4,5)6/h23-26H,15-22H2,1-14H3/q+2. The summed E-state index contributed by atoms with van der Waals surface area (Å²) in [6, 6.07) is 0.835. The highest BCUT2D eigenvalue weighted by molar-refractivity contribution is 4.91. The molecular weight excluding hydrogens is 388 g/mol. The fourth-order valence-electron chi connectivity index (χ4n) is 8.29. The van der Waals surface area contributed by atoms with Crippen molar-refractivity contribution in [3.63, 3.8) is 0 Å². The van der Waals surface area contributed by atoms with Crippen LogP contribution in [-0.2, 0) is 0 Å². The molecule has 2 nitrogen and oxygen atoms in total. The molecule has 0 aromatic rings. The fraction of sp³-hybridized carbons (Fsp3) is 1.00. The van der Waals surface area contributed by atoms with Crippen molar-refractivity contribution in [3.8, 4) is 0 Å². The third-order valence-electron chi connectivity index (χ3n) is 8.55. The van der Waals surface area contributed by atoms with Gasteiger partial charge in [-0.1, -0.05) is 69.2 Å². The Morgan fingerprint density at radius 3 is 1.34 bits per heavy atom. The first-order chi connectivity index (χ1) is 14.0. The lowest BCUT2D eigenvalue weighted by molar-refractivity contribution is -0.968. The number of hydrogen-bond donors (Lipinski definition) is 0. The SMILES string of the molecule is CC(C)(C)CC1C[N+](C)(C)CC1CC(C)(C)CC(C)(C)CC1C[N+](C)(C)C1CC(C)(C)C. The van der Waals surface area contributed by atoms with Crippen LogP contribution in [0.4, 0.5) is 0 Å². The first-order valence-electron chi connectivity index (χ1n) is 13.6. The second kappa shape index (κ2) is 8.85. The van der Waals surface area contributed by atoms with E-state index in [1.165, 1.54) is 60.7 Å². The van der Waals surface area contributed by atoms with Gasteiger partial charge in [0.15, 0.2) is 0 Å². The van der Waals surface area contributed by atoms with Crippen LogP contribution in [-0.4, -0.2) is 62.8 Å². The molecule has 0 spiro atoms. The predicted octanol–water partition coefficient (Wildman–Crippen LogP) is 7.48. The van der Waals surface area contributed by atoms with Gasteiger partial charge in [0.25, 0.3) is 0 Å². The van der Waals surface area contributed by atoms with Crippen molar-refractivity contribution in [2.45, 2.75) is 107 Å². The highest BCUT2D eigenvalue weighted by Gasteiger charge is 2.52. The van der Waals surface area contributed by atoms with Crippen LogP contribution < -0.4 is 0 Å². The zero-order valence-corrected chi connectivity index (χ0v) is 24.9. The largest absolute Gasteiger partial charge is 0.328 e. The van der Waals surface area contributed by atoms with Crippen LogP contribution in [0.2, 0.25) is 0 Å². The molecule has 2 aliphatic rings. The maximum atomic E-state index is 2.58.